The van der Waals surface area contributed by atoms with E-state index in [2.05, 4.69) is 15.4 Å². The van der Waals surface area contributed by atoms with Crippen molar-refractivity contribution in [2.24, 2.45) is 12.8 Å². The molecule has 10 heteroatoms. The molecular weight excluding hydrogens is 415 g/mol. The number of primary amides is 1. The summed E-state index contributed by atoms with van der Waals surface area (Å²) in [5.41, 5.74) is 9.03. The summed E-state index contributed by atoms with van der Waals surface area (Å²) in [6.45, 7) is 0.955. The Balaban J connectivity index is 1.57. The predicted octanol–water partition coefficient (Wildman–Crippen LogP) is 2.45. The van der Waals surface area contributed by atoms with Crippen LogP contribution in [0.25, 0.3) is 16.9 Å². The van der Waals surface area contributed by atoms with Gasteiger partial charge < -0.3 is 20.5 Å². The van der Waals surface area contributed by atoms with Gasteiger partial charge in [0.2, 0.25) is 0 Å². The first kappa shape index (κ1) is 18.7. The number of hydrogen-bond donors (Lipinski definition) is 2. The van der Waals surface area contributed by atoms with Crippen LogP contribution in [0, 0.1) is 5.82 Å². The fraction of sp³-hybridized carbons (Fsp3) is 0.227. The van der Waals surface area contributed by atoms with Gasteiger partial charge in [0.25, 0.3) is 5.91 Å². The van der Waals surface area contributed by atoms with Crippen molar-refractivity contribution in [2.75, 3.05) is 18.5 Å². The number of carbonyl (C=O) groups excluding carboxylic acids is 1. The average Bonchev–Trinajstić information content (AvgIpc) is 3.49. The lowest BCUT2D eigenvalue weighted by molar-refractivity contribution is 0.0996. The predicted molar refractivity (Wildman–Crippen MR) is 113 cm³/mol. The fourth-order valence-electron chi connectivity index (χ4n) is 4.49. The molecule has 9 nitrogen and oxygen atoms in total. The van der Waals surface area contributed by atoms with Crippen LogP contribution in [0.4, 0.5) is 10.2 Å². The molecule has 0 saturated carbocycles. The van der Waals surface area contributed by atoms with Gasteiger partial charge in [0.15, 0.2) is 11.6 Å². The Kier molecular flexibility index (Phi) is 3.91. The number of halogens is 1. The Morgan fingerprint density at radius 1 is 1.25 bits per heavy atom. The molecule has 1 aromatic carbocycles. The van der Waals surface area contributed by atoms with E-state index in [0.717, 1.165) is 16.8 Å². The minimum absolute atomic E-state index is 0.0942. The Hall–Kier alpha value is -4.08. The number of imidazole rings is 1. The summed E-state index contributed by atoms with van der Waals surface area (Å²) >= 11 is 0. The van der Waals surface area contributed by atoms with Gasteiger partial charge in [0.1, 0.15) is 22.9 Å². The Bertz CT molecular complexity index is 1410. The van der Waals surface area contributed by atoms with Crippen LogP contribution in [-0.2, 0) is 13.6 Å². The number of carbonyl (C=O) groups is 1. The highest BCUT2D eigenvalue weighted by Gasteiger charge is 2.32. The van der Waals surface area contributed by atoms with Crippen LogP contribution in [0.1, 0.15) is 27.5 Å². The van der Waals surface area contributed by atoms with Crippen LogP contribution in [0.15, 0.2) is 36.7 Å². The summed E-state index contributed by atoms with van der Waals surface area (Å²) < 4.78 is 30.2. The monoisotopic (exact) mass is 434 g/mol. The van der Waals surface area contributed by atoms with Crippen LogP contribution in [0.3, 0.4) is 0 Å². The molecule has 5 heterocycles. The van der Waals surface area contributed by atoms with Gasteiger partial charge in [-0.05, 0) is 24.3 Å². The van der Waals surface area contributed by atoms with E-state index in [1.807, 2.05) is 19.2 Å². The van der Waals surface area contributed by atoms with E-state index in [1.54, 1.807) is 27.5 Å². The summed E-state index contributed by atoms with van der Waals surface area (Å²) in [6, 6.07) is 6.79. The largest absolute Gasteiger partial charge is 0.493 e. The van der Waals surface area contributed by atoms with Gasteiger partial charge in [-0.2, -0.15) is 5.10 Å². The second-order valence-corrected chi connectivity index (χ2v) is 7.91. The number of amides is 1. The van der Waals surface area contributed by atoms with Gasteiger partial charge in [-0.3, -0.25) is 13.9 Å². The molecule has 1 amide bonds. The highest BCUT2D eigenvalue weighted by Crippen LogP contribution is 2.42. The number of nitrogens with one attached hydrogen (secondary N) is 1. The third-order valence-electron chi connectivity index (χ3n) is 6.03. The summed E-state index contributed by atoms with van der Waals surface area (Å²) in [5, 5.41) is 7.53. The number of rotatable bonds is 2. The minimum Gasteiger partial charge on any atom is -0.493 e. The minimum atomic E-state index is -0.643. The van der Waals surface area contributed by atoms with Gasteiger partial charge in [0, 0.05) is 42.7 Å². The molecule has 32 heavy (non-hydrogen) atoms. The van der Waals surface area contributed by atoms with E-state index in [1.165, 1.54) is 6.07 Å². The zero-order chi connectivity index (χ0) is 22.0. The van der Waals surface area contributed by atoms with Crippen molar-refractivity contribution in [1.82, 2.24) is 19.2 Å². The number of ether oxygens (including phenoxy) is 2. The zero-order valence-electron chi connectivity index (χ0n) is 17.1. The third kappa shape index (κ3) is 2.65. The number of anilines is 1. The number of nitrogens with two attached hydrogens (primary N) is 1. The van der Waals surface area contributed by atoms with Crippen LogP contribution in [-0.4, -0.2) is 38.3 Å². The highest BCUT2D eigenvalue weighted by atomic mass is 19.1. The van der Waals surface area contributed by atoms with Crippen LogP contribution < -0.4 is 20.5 Å². The smallest absolute Gasteiger partial charge is 0.268 e. The molecule has 0 fully saturated rings. The molecule has 2 aliphatic heterocycles. The number of aromatic nitrogens is 4. The van der Waals surface area contributed by atoms with Gasteiger partial charge in [-0.15, -0.1) is 0 Å². The molecule has 2 aliphatic rings. The Labute approximate surface area is 181 Å². The van der Waals surface area contributed by atoms with E-state index < -0.39 is 5.91 Å². The topological polar surface area (TPSA) is 109 Å². The molecule has 3 N–H and O–H groups in total. The van der Waals surface area contributed by atoms with Crippen molar-refractivity contribution >= 4 is 17.4 Å². The first-order valence-corrected chi connectivity index (χ1v) is 10.2. The molecule has 0 unspecified atom stereocenters. The molecule has 162 valence electrons. The highest BCUT2D eigenvalue weighted by molar-refractivity contribution is 5.93. The Morgan fingerprint density at radius 2 is 2.06 bits per heavy atom. The van der Waals surface area contributed by atoms with E-state index in [-0.39, 0.29) is 24.0 Å². The fourth-order valence-corrected chi connectivity index (χ4v) is 4.49. The van der Waals surface area contributed by atoms with E-state index in [0.29, 0.717) is 41.7 Å². The maximum absolute atomic E-state index is 14.8. The number of fused-ring (bicyclic) bond motifs is 3. The summed E-state index contributed by atoms with van der Waals surface area (Å²) in [7, 11) is 1.82. The van der Waals surface area contributed by atoms with Gasteiger partial charge in [-0.25, -0.2) is 9.37 Å². The quantitative estimate of drug-likeness (QED) is 0.502. The third-order valence-corrected chi connectivity index (χ3v) is 6.03. The standard InChI is InChI=1S/C22H19FN6O3/c1-28-16(4-5-26-28)12-6-18-22(29-8-15(20(24)30)27-21(12)29)25-7-13-14(23)2-3-17-19(13)11(9-31-17)10-32-18/h2-6,8,11,25H,7,9-10H2,1H3,(H2,24,30)/t11-/m1/s1. The van der Waals surface area contributed by atoms with Gasteiger partial charge in [-0.1, -0.05) is 0 Å². The molecule has 0 saturated heterocycles. The second-order valence-electron chi connectivity index (χ2n) is 7.91. The SMILES string of the molecule is Cn1nccc1-c1cc2c(n3cc(C(N)=O)nc13)NCc1c(F)ccc3c1[C@H](CO3)CO2. The molecule has 0 radical (unpaired) electrons. The second kappa shape index (κ2) is 6.71. The summed E-state index contributed by atoms with van der Waals surface area (Å²) in [4.78, 5) is 16.3. The molecule has 0 aliphatic carbocycles. The summed E-state index contributed by atoms with van der Waals surface area (Å²) in [5.74, 6) is 0.745. The van der Waals surface area contributed by atoms with Gasteiger partial charge >= 0.3 is 0 Å². The number of benzene rings is 1. The number of aryl methyl sites for hydroxylation is 1. The van der Waals surface area contributed by atoms with Crippen molar-refractivity contribution in [3.05, 3.63) is 59.3 Å². The van der Waals surface area contributed by atoms with Crippen molar-refractivity contribution in [1.29, 1.82) is 0 Å². The molecule has 0 bridgehead atoms. The van der Waals surface area contributed by atoms with E-state index in [4.69, 9.17) is 15.2 Å². The van der Waals surface area contributed by atoms with Crippen LogP contribution in [0.2, 0.25) is 0 Å². The zero-order valence-corrected chi connectivity index (χ0v) is 17.1. The van der Waals surface area contributed by atoms with Crippen molar-refractivity contribution < 1.29 is 18.7 Å². The normalized spacial score (nSPS) is 16.8. The Morgan fingerprint density at radius 3 is 2.81 bits per heavy atom. The lowest BCUT2D eigenvalue weighted by atomic mass is 9.96. The average molecular weight is 434 g/mol. The number of pyridine rings is 1. The van der Waals surface area contributed by atoms with Crippen LogP contribution in [0.5, 0.6) is 11.5 Å². The first-order valence-electron chi connectivity index (χ1n) is 10.2. The number of hydrogen-bond acceptors (Lipinski definition) is 6. The lowest BCUT2D eigenvalue weighted by Gasteiger charge is -2.17. The summed E-state index contributed by atoms with van der Waals surface area (Å²) in [6.07, 6.45) is 3.24. The van der Waals surface area contributed by atoms with Gasteiger partial charge in [0.05, 0.1) is 24.8 Å². The molecular formula is C22H19FN6O3. The molecule has 6 rings (SSSR count). The molecule has 3 aromatic heterocycles. The molecule has 0 spiro atoms. The van der Waals surface area contributed by atoms with Crippen molar-refractivity contribution in [3.63, 3.8) is 0 Å². The first-order chi connectivity index (χ1) is 15.5. The number of nitrogens with zero attached hydrogens (tertiary/aromatic N) is 4. The van der Waals surface area contributed by atoms with Crippen LogP contribution >= 0.6 is 0 Å². The van der Waals surface area contributed by atoms with Crippen molar-refractivity contribution in [2.45, 2.75) is 12.5 Å². The van der Waals surface area contributed by atoms with Crippen molar-refractivity contribution in [3.8, 4) is 22.8 Å². The maximum atomic E-state index is 14.8. The molecule has 4 aromatic rings. The lowest BCUT2D eigenvalue weighted by Crippen LogP contribution is -2.13. The van der Waals surface area contributed by atoms with E-state index >= 15 is 0 Å². The van der Waals surface area contributed by atoms with E-state index in [9.17, 15) is 9.18 Å². The maximum Gasteiger partial charge on any atom is 0.268 e. The molecule has 1 atom stereocenters.